The molecule has 1 aromatic heterocycles. The number of aromatic nitrogens is 2. The molecule has 150 valence electrons. The monoisotopic (exact) mass is 392 g/mol. The zero-order valence-electron chi connectivity index (χ0n) is 16.9. The molecule has 0 aliphatic rings. The molecule has 0 aliphatic heterocycles. The maximum Gasteiger partial charge on any atom is 0.258 e. The lowest BCUT2D eigenvalue weighted by Gasteiger charge is -2.13. The van der Waals surface area contributed by atoms with E-state index in [1.807, 2.05) is 31.2 Å². The third kappa shape index (κ3) is 4.63. The first-order valence-corrected chi connectivity index (χ1v) is 9.26. The Morgan fingerprint density at radius 2 is 1.83 bits per heavy atom. The van der Waals surface area contributed by atoms with Gasteiger partial charge < -0.3 is 20.1 Å². The Morgan fingerprint density at radius 1 is 1.07 bits per heavy atom. The number of methoxy groups -OCH3 is 2. The minimum absolute atomic E-state index is 0.248. The smallest absolute Gasteiger partial charge is 0.258 e. The number of hydrogen-bond donors (Lipinski definition) is 2. The lowest BCUT2D eigenvalue weighted by molar-refractivity contribution is 0.102. The molecule has 0 spiro atoms. The van der Waals surface area contributed by atoms with Crippen LogP contribution >= 0.6 is 0 Å². The van der Waals surface area contributed by atoms with Crippen LogP contribution in [0.2, 0.25) is 0 Å². The van der Waals surface area contributed by atoms with Crippen LogP contribution in [0.3, 0.4) is 0 Å². The van der Waals surface area contributed by atoms with Gasteiger partial charge in [0.2, 0.25) is 5.95 Å². The van der Waals surface area contributed by atoms with Gasteiger partial charge >= 0.3 is 0 Å². The van der Waals surface area contributed by atoms with Gasteiger partial charge in [-0.05, 0) is 36.6 Å². The predicted octanol–water partition coefficient (Wildman–Crippen LogP) is 4.36. The first-order valence-electron chi connectivity index (χ1n) is 9.26. The number of rotatable bonds is 7. The third-order valence-electron chi connectivity index (χ3n) is 4.55. The van der Waals surface area contributed by atoms with Crippen LogP contribution in [0.15, 0.2) is 48.8 Å². The summed E-state index contributed by atoms with van der Waals surface area (Å²) in [5.74, 6) is 1.39. The summed E-state index contributed by atoms with van der Waals surface area (Å²) in [5.41, 5.74) is 4.01. The van der Waals surface area contributed by atoms with Crippen molar-refractivity contribution in [2.45, 2.75) is 20.3 Å². The number of ether oxygens (including phenoxy) is 2. The van der Waals surface area contributed by atoms with Crippen LogP contribution in [0, 0.1) is 6.92 Å². The normalized spacial score (nSPS) is 10.3. The molecule has 0 atom stereocenters. The molecule has 0 radical (unpaired) electrons. The van der Waals surface area contributed by atoms with Crippen LogP contribution in [0.4, 0.5) is 17.3 Å². The Morgan fingerprint density at radius 3 is 2.48 bits per heavy atom. The lowest BCUT2D eigenvalue weighted by atomic mass is 10.1. The molecule has 0 fully saturated rings. The summed E-state index contributed by atoms with van der Waals surface area (Å²) < 4.78 is 10.6. The fraction of sp³-hybridized carbons (Fsp3) is 0.227. The minimum Gasteiger partial charge on any atom is -0.497 e. The largest absolute Gasteiger partial charge is 0.497 e. The van der Waals surface area contributed by atoms with Crippen LogP contribution < -0.4 is 20.1 Å². The van der Waals surface area contributed by atoms with E-state index < -0.39 is 0 Å². The SMILES string of the molecule is CCc1cccc(C)c1NC(=O)c1cnc(Nc2ccc(OC)cc2OC)nc1. The highest BCUT2D eigenvalue weighted by Crippen LogP contribution is 2.30. The second-order valence-corrected chi connectivity index (χ2v) is 6.40. The minimum atomic E-state index is -0.248. The molecule has 3 aromatic rings. The van der Waals surface area contributed by atoms with Crippen LogP contribution in [-0.2, 0) is 6.42 Å². The highest BCUT2D eigenvalue weighted by atomic mass is 16.5. The second-order valence-electron chi connectivity index (χ2n) is 6.40. The van der Waals surface area contributed by atoms with Crippen molar-refractivity contribution in [3.8, 4) is 11.5 Å². The van der Waals surface area contributed by atoms with Crippen molar-refractivity contribution in [2.75, 3.05) is 24.9 Å². The quantitative estimate of drug-likeness (QED) is 0.621. The number of carbonyl (C=O) groups excluding carboxylic acids is 1. The van der Waals surface area contributed by atoms with Crippen molar-refractivity contribution in [2.24, 2.45) is 0 Å². The lowest BCUT2D eigenvalue weighted by Crippen LogP contribution is -2.15. The average Bonchev–Trinajstić information content (AvgIpc) is 2.75. The average molecular weight is 392 g/mol. The van der Waals surface area contributed by atoms with Gasteiger partial charge in [-0.15, -0.1) is 0 Å². The van der Waals surface area contributed by atoms with Crippen molar-refractivity contribution in [3.05, 3.63) is 65.5 Å². The van der Waals surface area contributed by atoms with Gasteiger partial charge in [0.25, 0.3) is 5.91 Å². The number of aryl methyl sites for hydroxylation is 2. The first kappa shape index (κ1) is 20.1. The van der Waals surface area contributed by atoms with Gasteiger partial charge in [-0.2, -0.15) is 0 Å². The van der Waals surface area contributed by atoms with Crippen LogP contribution in [0.5, 0.6) is 11.5 Å². The third-order valence-corrected chi connectivity index (χ3v) is 4.55. The summed E-state index contributed by atoms with van der Waals surface area (Å²) in [7, 11) is 3.17. The van der Waals surface area contributed by atoms with E-state index in [0.717, 1.165) is 23.2 Å². The molecule has 1 heterocycles. The van der Waals surface area contributed by atoms with Crippen LogP contribution in [0.25, 0.3) is 0 Å². The molecule has 7 nitrogen and oxygen atoms in total. The number of nitrogens with one attached hydrogen (secondary N) is 2. The number of amides is 1. The van der Waals surface area contributed by atoms with E-state index in [-0.39, 0.29) is 5.91 Å². The number of hydrogen-bond acceptors (Lipinski definition) is 6. The van der Waals surface area contributed by atoms with E-state index in [1.165, 1.54) is 12.4 Å². The molecule has 2 N–H and O–H groups in total. The van der Waals surface area contributed by atoms with E-state index in [4.69, 9.17) is 9.47 Å². The topological polar surface area (TPSA) is 85.4 Å². The molecule has 0 saturated carbocycles. The number of benzene rings is 2. The van der Waals surface area contributed by atoms with E-state index in [0.29, 0.717) is 28.7 Å². The molecule has 0 aliphatic carbocycles. The molecule has 1 amide bonds. The van der Waals surface area contributed by atoms with Crippen molar-refractivity contribution >= 4 is 23.2 Å². The van der Waals surface area contributed by atoms with Gasteiger partial charge in [0.05, 0.1) is 25.5 Å². The molecule has 29 heavy (non-hydrogen) atoms. The number of nitrogens with zero attached hydrogens (tertiary/aromatic N) is 2. The Hall–Kier alpha value is -3.61. The molecule has 7 heteroatoms. The molecular weight excluding hydrogens is 368 g/mol. The molecule has 0 bridgehead atoms. The van der Waals surface area contributed by atoms with Crippen molar-refractivity contribution in [1.82, 2.24) is 9.97 Å². The van der Waals surface area contributed by atoms with Crippen LogP contribution in [0.1, 0.15) is 28.4 Å². The number of carbonyl (C=O) groups is 1. The zero-order valence-corrected chi connectivity index (χ0v) is 16.9. The highest BCUT2D eigenvalue weighted by Gasteiger charge is 2.12. The second kappa shape index (κ2) is 9.05. The van der Waals surface area contributed by atoms with Crippen LogP contribution in [-0.4, -0.2) is 30.1 Å². The zero-order chi connectivity index (χ0) is 20.8. The van der Waals surface area contributed by atoms with Crippen molar-refractivity contribution < 1.29 is 14.3 Å². The maximum absolute atomic E-state index is 12.6. The predicted molar refractivity (Wildman–Crippen MR) is 113 cm³/mol. The maximum atomic E-state index is 12.6. The Labute approximate surface area is 170 Å². The van der Waals surface area contributed by atoms with E-state index >= 15 is 0 Å². The fourth-order valence-electron chi connectivity index (χ4n) is 2.92. The van der Waals surface area contributed by atoms with Gasteiger partial charge in [0.1, 0.15) is 11.5 Å². The van der Waals surface area contributed by atoms with Gasteiger partial charge in [-0.3, -0.25) is 4.79 Å². The summed E-state index contributed by atoms with van der Waals surface area (Å²) in [6, 6.07) is 11.3. The van der Waals surface area contributed by atoms with Gasteiger partial charge in [0, 0.05) is 24.1 Å². The number of anilines is 3. The first-order chi connectivity index (χ1) is 14.0. The Balaban J connectivity index is 1.75. The highest BCUT2D eigenvalue weighted by molar-refractivity contribution is 6.04. The summed E-state index contributed by atoms with van der Waals surface area (Å²) >= 11 is 0. The van der Waals surface area contributed by atoms with E-state index in [1.54, 1.807) is 26.4 Å². The van der Waals surface area contributed by atoms with Gasteiger partial charge in [-0.1, -0.05) is 25.1 Å². The summed E-state index contributed by atoms with van der Waals surface area (Å²) in [4.78, 5) is 21.1. The molecule has 0 saturated heterocycles. The Bertz CT molecular complexity index is 1000. The summed E-state index contributed by atoms with van der Waals surface area (Å²) in [6.07, 6.45) is 3.81. The standard InChI is InChI=1S/C22H24N4O3/c1-5-15-8-6-7-14(2)20(15)26-21(27)16-12-23-22(24-13-16)25-18-10-9-17(28-3)11-19(18)29-4/h6-13H,5H2,1-4H3,(H,26,27)(H,23,24,25). The molecular formula is C22H24N4O3. The molecule has 3 rings (SSSR count). The fourth-order valence-corrected chi connectivity index (χ4v) is 2.92. The van der Waals surface area contributed by atoms with Crippen molar-refractivity contribution in [1.29, 1.82) is 0 Å². The van der Waals surface area contributed by atoms with E-state index in [9.17, 15) is 4.79 Å². The van der Waals surface area contributed by atoms with Gasteiger partial charge in [-0.25, -0.2) is 9.97 Å². The molecule has 0 unspecified atom stereocenters. The van der Waals surface area contributed by atoms with E-state index in [2.05, 4.69) is 27.5 Å². The summed E-state index contributed by atoms with van der Waals surface area (Å²) in [5, 5.41) is 6.06. The molecule has 2 aromatic carbocycles. The Kier molecular flexibility index (Phi) is 6.29. The van der Waals surface area contributed by atoms with Crippen molar-refractivity contribution in [3.63, 3.8) is 0 Å². The van der Waals surface area contributed by atoms with Gasteiger partial charge in [0.15, 0.2) is 0 Å². The summed E-state index contributed by atoms with van der Waals surface area (Å²) in [6.45, 7) is 4.03. The number of para-hydroxylation sites is 1.